The fourth-order valence-corrected chi connectivity index (χ4v) is 4.29. The van der Waals surface area contributed by atoms with Crippen molar-refractivity contribution in [3.05, 3.63) is 63.9 Å². The molecule has 3 aromatic heterocycles. The second kappa shape index (κ2) is 12.7. The number of ether oxygens (including phenoxy) is 1. The van der Waals surface area contributed by atoms with Gasteiger partial charge in [-0.3, -0.25) is 19.4 Å². The lowest BCUT2D eigenvalue weighted by Crippen LogP contribution is -2.44. The van der Waals surface area contributed by atoms with E-state index in [0.29, 0.717) is 29.4 Å². The van der Waals surface area contributed by atoms with Gasteiger partial charge < -0.3 is 29.8 Å². The number of aryl methyl sites for hydroxylation is 1. The molecule has 0 aromatic carbocycles. The lowest BCUT2D eigenvalue weighted by molar-refractivity contribution is -0.123. The number of imidazole rings is 1. The Hall–Kier alpha value is -4.55. The molecule has 13 heteroatoms. The van der Waals surface area contributed by atoms with Gasteiger partial charge in [0.25, 0.3) is 5.56 Å². The Morgan fingerprint density at radius 1 is 1.29 bits per heavy atom. The molecule has 1 aliphatic rings. The van der Waals surface area contributed by atoms with Crippen LogP contribution < -0.4 is 16.2 Å². The van der Waals surface area contributed by atoms with Crippen LogP contribution in [0.3, 0.4) is 0 Å². The molecule has 41 heavy (non-hydrogen) atoms. The maximum absolute atomic E-state index is 14.5. The third-order valence-corrected chi connectivity index (χ3v) is 6.86. The molecule has 1 atom stereocenters. The number of nitrogens with zero attached hydrogens (tertiary/aromatic N) is 4. The number of hydrogen-bond acceptors (Lipinski definition) is 7. The Kier molecular flexibility index (Phi) is 9.15. The number of allylic oxidation sites excluding steroid dienone is 1. The number of fused-ring (bicyclic) bond motifs is 1. The number of likely N-dealkylation sites (N-methyl/N-ethyl adjacent to an activating group) is 1. The van der Waals surface area contributed by atoms with Gasteiger partial charge >= 0.3 is 6.09 Å². The minimum atomic E-state index is -1.04. The van der Waals surface area contributed by atoms with Crippen LogP contribution >= 0.6 is 0 Å². The monoisotopic (exact) mass is 567 g/mol. The molecule has 0 bridgehead atoms. The Balaban J connectivity index is 1.52. The Bertz CT molecular complexity index is 1540. The van der Waals surface area contributed by atoms with E-state index in [9.17, 15) is 23.6 Å². The molecule has 3 aromatic rings. The number of alkyl carbamates (subject to hydrolysis) is 1. The van der Waals surface area contributed by atoms with Crippen molar-refractivity contribution in [1.82, 2.24) is 29.7 Å². The van der Waals surface area contributed by atoms with Crippen LogP contribution in [0.1, 0.15) is 42.9 Å². The van der Waals surface area contributed by atoms with Crippen LogP contribution in [0.25, 0.3) is 11.0 Å². The van der Waals surface area contributed by atoms with Crippen molar-refractivity contribution in [2.45, 2.75) is 51.6 Å². The quantitative estimate of drug-likeness (QED) is 0.301. The van der Waals surface area contributed by atoms with E-state index in [1.807, 2.05) is 0 Å². The van der Waals surface area contributed by atoms with Gasteiger partial charge in [0.15, 0.2) is 5.82 Å². The molecule has 1 saturated carbocycles. The molecule has 3 heterocycles. The highest BCUT2D eigenvalue weighted by molar-refractivity contribution is 5.96. The number of nitrogens with one attached hydrogen (secondary N) is 3. The third-order valence-electron chi connectivity index (χ3n) is 6.86. The van der Waals surface area contributed by atoms with E-state index >= 15 is 0 Å². The molecule has 0 saturated heterocycles. The number of aromatic amines is 1. The normalized spacial score (nSPS) is 13.8. The molecule has 3 amide bonds. The molecule has 0 radical (unpaired) electrons. The third kappa shape index (κ3) is 7.35. The summed E-state index contributed by atoms with van der Waals surface area (Å²) in [6, 6.07) is 2.11. The van der Waals surface area contributed by atoms with Crippen LogP contribution in [0, 0.1) is 18.7 Å². The highest BCUT2D eigenvalue weighted by Crippen LogP contribution is 2.33. The van der Waals surface area contributed by atoms with Gasteiger partial charge in [-0.05, 0) is 63.2 Å². The van der Waals surface area contributed by atoms with E-state index in [1.165, 1.54) is 34.9 Å². The van der Waals surface area contributed by atoms with Crippen molar-refractivity contribution in [1.29, 1.82) is 0 Å². The fourth-order valence-electron chi connectivity index (χ4n) is 4.29. The van der Waals surface area contributed by atoms with E-state index in [2.05, 4.69) is 30.3 Å². The maximum Gasteiger partial charge on any atom is 0.407 e. The summed E-state index contributed by atoms with van der Waals surface area (Å²) in [5, 5.41) is 5.05. The van der Waals surface area contributed by atoms with E-state index < -0.39 is 29.4 Å². The molecule has 1 aliphatic carbocycles. The van der Waals surface area contributed by atoms with Crippen LogP contribution in [0.15, 0.2) is 35.3 Å². The average molecular weight is 568 g/mol. The van der Waals surface area contributed by atoms with Gasteiger partial charge in [-0.25, -0.2) is 14.2 Å². The highest BCUT2D eigenvalue weighted by Gasteiger charge is 2.25. The molecular formula is C28H34FN7O5. The zero-order chi connectivity index (χ0) is 29.7. The number of H-pyrrole nitrogens is 1. The largest absolute Gasteiger partial charge is 0.453 e. The van der Waals surface area contributed by atoms with Gasteiger partial charge in [0.1, 0.15) is 23.1 Å². The number of aromatic nitrogens is 4. The number of halogens is 1. The Labute approximate surface area is 236 Å². The summed E-state index contributed by atoms with van der Waals surface area (Å²) in [5.41, 5.74) is 1.56. The van der Waals surface area contributed by atoms with Crippen molar-refractivity contribution in [3.8, 4) is 0 Å². The summed E-state index contributed by atoms with van der Waals surface area (Å²) >= 11 is 0. The molecule has 1 fully saturated rings. The molecular weight excluding hydrogens is 533 g/mol. The zero-order valence-corrected chi connectivity index (χ0v) is 23.5. The van der Waals surface area contributed by atoms with E-state index in [4.69, 9.17) is 0 Å². The molecule has 0 unspecified atom stereocenters. The van der Waals surface area contributed by atoms with Crippen LogP contribution in [-0.2, 0) is 27.3 Å². The van der Waals surface area contributed by atoms with E-state index in [1.54, 1.807) is 33.2 Å². The minimum Gasteiger partial charge on any atom is -0.453 e. The topological polar surface area (TPSA) is 151 Å². The zero-order valence-electron chi connectivity index (χ0n) is 23.5. The van der Waals surface area contributed by atoms with Crippen molar-refractivity contribution >= 4 is 34.6 Å². The molecule has 218 valence electrons. The number of anilines is 1. The van der Waals surface area contributed by atoms with Crippen LogP contribution in [-0.4, -0.2) is 69.6 Å². The van der Waals surface area contributed by atoms with Gasteiger partial charge in [0, 0.05) is 19.8 Å². The molecule has 0 spiro atoms. The Morgan fingerprint density at radius 2 is 2.05 bits per heavy atom. The van der Waals surface area contributed by atoms with Crippen LogP contribution in [0.2, 0.25) is 0 Å². The van der Waals surface area contributed by atoms with E-state index in [0.717, 1.165) is 25.0 Å². The first-order valence-electron chi connectivity index (χ1n) is 13.3. The van der Waals surface area contributed by atoms with Gasteiger partial charge in [-0.2, -0.15) is 0 Å². The number of amides is 3. The number of methoxy groups -OCH3 is 1. The molecule has 12 nitrogen and oxygen atoms in total. The predicted molar refractivity (Wildman–Crippen MR) is 150 cm³/mol. The summed E-state index contributed by atoms with van der Waals surface area (Å²) in [4.78, 5) is 63.3. The first kappa shape index (κ1) is 29.4. The predicted octanol–water partition coefficient (Wildman–Crippen LogP) is 2.66. The summed E-state index contributed by atoms with van der Waals surface area (Å²) < 4.78 is 20.5. The standard InChI is InChI=1S/C28H34FN7O5/c1-16-9-12-20(31-26(38)19(32-28(40)41-4)7-5-6-8-23(37)35(2)3)27(39)36(16)15-22-33-24-18(29)14-30-21(25(24)34-22)13-17-10-11-17/h6,8-9,12,14,17,19H,5,7,10-11,13,15H2,1-4H3,(H,31,38)(H,32,40)(H,33,34)/b8-6+/t19-/m0/s1. The second-order valence-corrected chi connectivity index (χ2v) is 10.3. The summed E-state index contributed by atoms with van der Waals surface area (Å²) in [5.74, 6) is -0.465. The number of pyridine rings is 2. The van der Waals surface area contributed by atoms with Crippen molar-refractivity contribution in [2.75, 3.05) is 26.5 Å². The van der Waals surface area contributed by atoms with Crippen molar-refractivity contribution in [3.63, 3.8) is 0 Å². The first-order valence-corrected chi connectivity index (χ1v) is 13.3. The molecule has 4 rings (SSSR count). The average Bonchev–Trinajstić information content (AvgIpc) is 3.66. The lowest BCUT2D eigenvalue weighted by atomic mass is 10.1. The van der Waals surface area contributed by atoms with Crippen molar-refractivity contribution < 1.29 is 23.5 Å². The van der Waals surface area contributed by atoms with Crippen molar-refractivity contribution in [2.24, 2.45) is 5.92 Å². The van der Waals surface area contributed by atoms with Gasteiger partial charge in [0.05, 0.1) is 31.1 Å². The summed E-state index contributed by atoms with van der Waals surface area (Å²) in [7, 11) is 4.41. The number of carbonyl (C=O) groups excluding carboxylic acids is 3. The lowest BCUT2D eigenvalue weighted by Gasteiger charge is -2.18. The fraction of sp³-hybridized carbons (Fsp3) is 0.429. The smallest absolute Gasteiger partial charge is 0.407 e. The summed E-state index contributed by atoms with van der Waals surface area (Å²) in [6.45, 7) is 1.75. The molecule has 0 aliphatic heterocycles. The number of hydrogen-bond donors (Lipinski definition) is 3. The van der Waals surface area contributed by atoms with Gasteiger partial charge in [-0.1, -0.05) is 6.08 Å². The second-order valence-electron chi connectivity index (χ2n) is 10.3. The Morgan fingerprint density at radius 3 is 2.73 bits per heavy atom. The van der Waals surface area contributed by atoms with E-state index in [-0.39, 0.29) is 30.1 Å². The SMILES string of the molecule is COC(=O)N[C@@H](CC/C=C/C(=O)N(C)C)C(=O)Nc1ccc(C)n(Cc2nc3c(F)cnc(CC4CC4)c3[nH]2)c1=O. The maximum atomic E-state index is 14.5. The molecule has 3 N–H and O–H groups in total. The van der Waals surface area contributed by atoms with Gasteiger partial charge in [-0.15, -0.1) is 0 Å². The van der Waals surface area contributed by atoms with Gasteiger partial charge in [0.2, 0.25) is 11.8 Å². The first-order chi connectivity index (χ1) is 19.6. The minimum absolute atomic E-state index is 0.00558. The number of carbonyl (C=O) groups is 3. The summed E-state index contributed by atoms with van der Waals surface area (Å²) in [6.07, 6.45) is 6.78. The number of rotatable bonds is 11. The highest BCUT2D eigenvalue weighted by atomic mass is 19.1. The van der Waals surface area contributed by atoms with Crippen LogP contribution in [0.5, 0.6) is 0 Å². The van der Waals surface area contributed by atoms with Crippen LogP contribution in [0.4, 0.5) is 14.9 Å².